The second-order valence-electron chi connectivity index (χ2n) is 6.30. The lowest BCUT2D eigenvalue weighted by Gasteiger charge is -2.27. The number of hydrogen-bond donors (Lipinski definition) is 1. The van der Waals surface area contributed by atoms with Crippen LogP contribution >= 0.6 is 15.9 Å². The number of benzene rings is 2. The molecule has 0 amide bonds. The fourth-order valence-electron chi connectivity index (χ4n) is 3.24. The normalized spacial score (nSPS) is 14.3. The van der Waals surface area contributed by atoms with Crippen LogP contribution in [-0.4, -0.2) is 21.4 Å². The number of rotatable bonds is 3. The topological polar surface area (TPSA) is 49.0 Å². The predicted octanol–water partition coefficient (Wildman–Crippen LogP) is 3.76. The van der Waals surface area contributed by atoms with E-state index in [-0.39, 0.29) is 5.56 Å². The Kier molecular flexibility index (Phi) is 4.51. The van der Waals surface area contributed by atoms with Crippen molar-refractivity contribution in [3.8, 4) is 11.4 Å². The zero-order valence-corrected chi connectivity index (χ0v) is 15.3. The van der Waals surface area contributed by atoms with Crippen LogP contribution in [0.2, 0.25) is 0 Å². The molecule has 0 aliphatic carbocycles. The van der Waals surface area contributed by atoms with Crippen molar-refractivity contribution in [3.63, 3.8) is 0 Å². The van der Waals surface area contributed by atoms with E-state index in [2.05, 4.69) is 37.9 Å². The Hall–Kier alpha value is -2.24. The van der Waals surface area contributed by atoms with Crippen LogP contribution in [-0.2, 0) is 19.5 Å². The summed E-state index contributed by atoms with van der Waals surface area (Å²) in [6.45, 7) is 2.38. The van der Waals surface area contributed by atoms with Crippen molar-refractivity contribution in [2.24, 2.45) is 0 Å². The first-order valence-corrected chi connectivity index (χ1v) is 9.12. The quantitative estimate of drug-likeness (QED) is 0.734. The summed E-state index contributed by atoms with van der Waals surface area (Å²) in [4.78, 5) is 22.5. The lowest BCUT2D eigenvalue weighted by molar-refractivity contribution is 0.242. The van der Waals surface area contributed by atoms with E-state index in [1.165, 1.54) is 5.56 Å². The fraction of sp³-hybridized carbons (Fsp3) is 0.200. The van der Waals surface area contributed by atoms with E-state index in [0.717, 1.165) is 40.8 Å². The van der Waals surface area contributed by atoms with Gasteiger partial charge in [-0.15, -0.1) is 0 Å². The summed E-state index contributed by atoms with van der Waals surface area (Å²) >= 11 is 3.51. The van der Waals surface area contributed by atoms with Gasteiger partial charge in [-0.25, -0.2) is 4.98 Å². The molecule has 1 N–H and O–H groups in total. The molecule has 0 bridgehead atoms. The van der Waals surface area contributed by atoms with E-state index in [1.807, 2.05) is 42.5 Å². The highest BCUT2D eigenvalue weighted by molar-refractivity contribution is 9.10. The lowest BCUT2D eigenvalue weighted by atomic mass is 10.1. The van der Waals surface area contributed by atoms with E-state index in [9.17, 15) is 4.79 Å². The molecule has 0 fully saturated rings. The van der Waals surface area contributed by atoms with Crippen LogP contribution in [0.5, 0.6) is 0 Å². The van der Waals surface area contributed by atoms with Crippen molar-refractivity contribution in [1.82, 2.24) is 14.9 Å². The number of aromatic amines is 1. The maximum atomic E-state index is 12.6. The summed E-state index contributed by atoms with van der Waals surface area (Å²) in [6, 6.07) is 18.1. The lowest BCUT2D eigenvalue weighted by Crippen LogP contribution is -2.35. The van der Waals surface area contributed by atoms with Gasteiger partial charge in [0.25, 0.3) is 5.56 Å². The highest BCUT2D eigenvalue weighted by Crippen LogP contribution is 2.20. The summed E-state index contributed by atoms with van der Waals surface area (Å²) in [5.74, 6) is 0.657. The molecule has 1 aliphatic rings. The summed E-state index contributed by atoms with van der Waals surface area (Å²) in [5.41, 5.74) is 3.87. The van der Waals surface area contributed by atoms with Gasteiger partial charge in [-0.3, -0.25) is 9.69 Å². The molecule has 0 atom stereocenters. The number of H-pyrrole nitrogens is 1. The second-order valence-corrected chi connectivity index (χ2v) is 7.21. The zero-order valence-electron chi connectivity index (χ0n) is 13.7. The van der Waals surface area contributed by atoms with Gasteiger partial charge in [0, 0.05) is 36.1 Å². The molecule has 4 nitrogen and oxygen atoms in total. The Bertz CT molecular complexity index is 953. The molecule has 126 valence electrons. The van der Waals surface area contributed by atoms with Gasteiger partial charge in [0.05, 0.1) is 11.3 Å². The molecule has 2 heterocycles. The first-order chi connectivity index (χ1) is 12.2. The monoisotopic (exact) mass is 395 g/mol. The number of fused-ring (bicyclic) bond motifs is 1. The van der Waals surface area contributed by atoms with Gasteiger partial charge in [0.1, 0.15) is 5.82 Å². The summed E-state index contributed by atoms with van der Waals surface area (Å²) < 4.78 is 1.08. The van der Waals surface area contributed by atoms with Gasteiger partial charge in [-0.05, 0) is 17.7 Å². The Morgan fingerprint density at radius 3 is 2.76 bits per heavy atom. The highest BCUT2D eigenvalue weighted by atomic mass is 79.9. The molecule has 1 aliphatic heterocycles. The van der Waals surface area contributed by atoms with Crippen LogP contribution in [0.4, 0.5) is 0 Å². The first kappa shape index (κ1) is 16.2. The molecular weight excluding hydrogens is 378 g/mol. The van der Waals surface area contributed by atoms with Crippen molar-refractivity contribution in [2.75, 3.05) is 6.54 Å². The van der Waals surface area contributed by atoms with Crippen molar-refractivity contribution in [1.29, 1.82) is 0 Å². The minimum Gasteiger partial charge on any atom is -0.306 e. The number of nitrogens with one attached hydrogen (secondary N) is 1. The molecule has 25 heavy (non-hydrogen) atoms. The molecular formula is C20H18BrN3O. The molecule has 0 radical (unpaired) electrons. The van der Waals surface area contributed by atoms with Crippen molar-refractivity contribution >= 4 is 15.9 Å². The highest BCUT2D eigenvalue weighted by Gasteiger charge is 2.21. The van der Waals surface area contributed by atoms with Gasteiger partial charge < -0.3 is 4.98 Å². The number of hydrogen-bond acceptors (Lipinski definition) is 3. The van der Waals surface area contributed by atoms with Crippen molar-refractivity contribution < 1.29 is 0 Å². The standard InChI is InChI=1S/C20H18BrN3O/c21-16-8-4-5-14(11-16)12-24-10-9-18-17(13-24)20(25)23-19(22-18)15-6-2-1-3-7-15/h1-8,11H,9-10,12-13H2,(H,22,23,25). The first-order valence-electron chi connectivity index (χ1n) is 8.33. The maximum Gasteiger partial charge on any atom is 0.255 e. The van der Waals surface area contributed by atoms with Crippen LogP contribution < -0.4 is 5.56 Å². The fourth-order valence-corrected chi connectivity index (χ4v) is 3.69. The maximum absolute atomic E-state index is 12.6. The van der Waals surface area contributed by atoms with Crippen molar-refractivity contribution in [2.45, 2.75) is 19.5 Å². The van der Waals surface area contributed by atoms with Crippen LogP contribution in [0.1, 0.15) is 16.8 Å². The van der Waals surface area contributed by atoms with E-state index in [0.29, 0.717) is 12.4 Å². The third-order valence-corrected chi connectivity index (χ3v) is 4.98. The third-order valence-electron chi connectivity index (χ3n) is 4.49. The molecule has 1 aromatic heterocycles. The Morgan fingerprint density at radius 1 is 1.12 bits per heavy atom. The average molecular weight is 396 g/mol. The minimum absolute atomic E-state index is 0.0252. The Balaban J connectivity index is 1.58. The predicted molar refractivity (Wildman–Crippen MR) is 102 cm³/mol. The SMILES string of the molecule is O=c1[nH]c(-c2ccccc2)nc2c1CN(Cc1cccc(Br)c1)CC2. The number of aromatic nitrogens is 2. The average Bonchev–Trinajstić information content (AvgIpc) is 2.63. The minimum atomic E-state index is -0.0252. The molecule has 0 saturated heterocycles. The summed E-state index contributed by atoms with van der Waals surface area (Å²) in [6.07, 6.45) is 0.799. The van der Waals surface area contributed by atoms with Gasteiger partial charge in [-0.1, -0.05) is 58.4 Å². The van der Waals surface area contributed by atoms with Crippen LogP contribution in [0.25, 0.3) is 11.4 Å². The summed E-state index contributed by atoms with van der Waals surface area (Å²) in [5, 5.41) is 0. The van der Waals surface area contributed by atoms with E-state index in [1.54, 1.807) is 0 Å². The smallest absolute Gasteiger partial charge is 0.255 e. The van der Waals surface area contributed by atoms with Crippen LogP contribution in [0.15, 0.2) is 63.9 Å². The third kappa shape index (κ3) is 3.57. The van der Waals surface area contributed by atoms with E-state index in [4.69, 9.17) is 4.98 Å². The number of nitrogens with zero attached hydrogens (tertiary/aromatic N) is 2. The molecule has 5 heteroatoms. The molecule has 0 unspecified atom stereocenters. The van der Waals surface area contributed by atoms with Gasteiger partial charge in [0.2, 0.25) is 0 Å². The van der Waals surface area contributed by atoms with E-state index < -0.39 is 0 Å². The second kappa shape index (κ2) is 6.94. The van der Waals surface area contributed by atoms with Gasteiger partial charge >= 0.3 is 0 Å². The zero-order chi connectivity index (χ0) is 17.2. The van der Waals surface area contributed by atoms with Crippen LogP contribution in [0.3, 0.4) is 0 Å². The largest absolute Gasteiger partial charge is 0.306 e. The Morgan fingerprint density at radius 2 is 1.96 bits per heavy atom. The van der Waals surface area contributed by atoms with Gasteiger partial charge in [0.15, 0.2) is 0 Å². The molecule has 3 aromatic rings. The molecule has 0 saturated carbocycles. The molecule has 0 spiro atoms. The van der Waals surface area contributed by atoms with Gasteiger partial charge in [-0.2, -0.15) is 0 Å². The number of halogens is 1. The summed E-state index contributed by atoms with van der Waals surface area (Å²) in [7, 11) is 0. The van der Waals surface area contributed by atoms with Crippen molar-refractivity contribution in [3.05, 3.63) is 86.2 Å². The van der Waals surface area contributed by atoms with Crippen LogP contribution in [0, 0.1) is 0 Å². The molecule has 4 rings (SSSR count). The van der Waals surface area contributed by atoms with E-state index >= 15 is 0 Å². The Labute approximate surface area is 154 Å². The molecule has 2 aromatic carbocycles.